The first-order valence-electron chi connectivity index (χ1n) is 8.85. The lowest BCUT2D eigenvalue weighted by Gasteiger charge is -2.20. The molecule has 1 fully saturated rings. The van der Waals surface area contributed by atoms with Gasteiger partial charge in [-0.2, -0.15) is 0 Å². The number of amides is 1. The molecule has 1 saturated heterocycles. The molecule has 1 aromatic heterocycles. The number of nitrogens with zero attached hydrogens (tertiary/aromatic N) is 3. The second-order valence-electron chi connectivity index (χ2n) is 6.79. The Bertz CT molecular complexity index is 951. The van der Waals surface area contributed by atoms with Crippen LogP contribution in [0.3, 0.4) is 0 Å². The summed E-state index contributed by atoms with van der Waals surface area (Å²) in [6, 6.07) is 8.20. The van der Waals surface area contributed by atoms with Crippen LogP contribution in [-0.2, 0) is 10.0 Å². The first kappa shape index (κ1) is 19.3. The van der Waals surface area contributed by atoms with E-state index < -0.39 is 10.0 Å². The second kappa shape index (κ2) is 7.66. The van der Waals surface area contributed by atoms with Crippen molar-refractivity contribution in [3.8, 4) is 0 Å². The summed E-state index contributed by atoms with van der Waals surface area (Å²) < 4.78 is 25.9. The molecule has 0 saturated carbocycles. The number of pyridine rings is 1. The van der Waals surface area contributed by atoms with Gasteiger partial charge in [-0.15, -0.1) is 0 Å². The van der Waals surface area contributed by atoms with Gasteiger partial charge in [0.1, 0.15) is 5.82 Å². The molecule has 1 aliphatic rings. The van der Waals surface area contributed by atoms with Crippen LogP contribution >= 0.6 is 0 Å². The van der Waals surface area contributed by atoms with Crippen molar-refractivity contribution in [1.29, 1.82) is 0 Å². The van der Waals surface area contributed by atoms with Gasteiger partial charge in [-0.05, 0) is 49.6 Å². The van der Waals surface area contributed by atoms with Crippen molar-refractivity contribution >= 4 is 27.4 Å². The number of sulfonamides is 1. The van der Waals surface area contributed by atoms with E-state index in [2.05, 4.69) is 15.2 Å². The van der Waals surface area contributed by atoms with Crippen LogP contribution in [0.2, 0.25) is 0 Å². The van der Waals surface area contributed by atoms with Crippen molar-refractivity contribution < 1.29 is 13.2 Å². The zero-order valence-electron chi connectivity index (χ0n) is 15.8. The summed E-state index contributed by atoms with van der Waals surface area (Å²) in [6.07, 6.45) is 3.85. The van der Waals surface area contributed by atoms with Crippen molar-refractivity contribution in [3.63, 3.8) is 0 Å². The molecule has 2 heterocycles. The molecule has 144 valence electrons. The average Bonchev–Trinajstić information content (AvgIpc) is 3.17. The highest BCUT2D eigenvalue weighted by atomic mass is 32.2. The highest BCUT2D eigenvalue weighted by molar-refractivity contribution is 7.89. The van der Waals surface area contributed by atoms with E-state index in [0.717, 1.165) is 35.8 Å². The average molecular weight is 388 g/mol. The zero-order valence-corrected chi connectivity index (χ0v) is 16.6. The molecule has 1 amide bonds. The van der Waals surface area contributed by atoms with Crippen LogP contribution in [0.25, 0.3) is 0 Å². The molecule has 0 aliphatic carbocycles. The van der Waals surface area contributed by atoms with Gasteiger partial charge in [0.15, 0.2) is 0 Å². The van der Waals surface area contributed by atoms with Gasteiger partial charge >= 0.3 is 0 Å². The van der Waals surface area contributed by atoms with Crippen LogP contribution < -0.4 is 10.2 Å². The van der Waals surface area contributed by atoms with Gasteiger partial charge in [0.05, 0.1) is 10.5 Å². The molecule has 0 radical (unpaired) electrons. The quantitative estimate of drug-likeness (QED) is 0.851. The lowest BCUT2D eigenvalue weighted by molar-refractivity contribution is 0.102. The van der Waals surface area contributed by atoms with Gasteiger partial charge in [0.25, 0.3) is 5.91 Å². The van der Waals surface area contributed by atoms with Gasteiger partial charge in [-0.25, -0.2) is 17.7 Å². The molecule has 2 aromatic rings. The summed E-state index contributed by atoms with van der Waals surface area (Å²) in [4.78, 5) is 19.5. The number of aryl methyl sites for hydroxylation is 1. The SMILES string of the molecule is Cc1ccc(S(=O)(=O)N(C)C)cc1NC(=O)c1cccnc1N1CCCC1. The summed E-state index contributed by atoms with van der Waals surface area (Å²) >= 11 is 0. The number of benzene rings is 1. The number of anilines is 2. The Morgan fingerprint density at radius 2 is 1.89 bits per heavy atom. The van der Waals surface area contributed by atoms with Gasteiger partial charge in [-0.1, -0.05) is 6.07 Å². The molecular weight excluding hydrogens is 364 g/mol. The van der Waals surface area contributed by atoms with Crippen LogP contribution in [-0.4, -0.2) is 50.8 Å². The number of carbonyl (C=O) groups is 1. The number of hydrogen-bond acceptors (Lipinski definition) is 5. The van der Waals surface area contributed by atoms with Gasteiger partial charge in [-0.3, -0.25) is 4.79 Å². The highest BCUT2D eigenvalue weighted by Gasteiger charge is 2.22. The van der Waals surface area contributed by atoms with E-state index in [9.17, 15) is 13.2 Å². The largest absolute Gasteiger partial charge is 0.356 e. The Morgan fingerprint density at radius 3 is 2.56 bits per heavy atom. The van der Waals surface area contributed by atoms with Gasteiger partial charge in [0.2, 0.25) is 10.0 Å². The van der Waals surface area contributed by atoms with Crippen molar-refractivity contribution in [1.82, 2.24) is 9.29 Å². The fourth-order valence-corrected chi connectivity index (χ4v) is 3.98. The minimum Gasteiger partial charge on any atom is -0.356 e. The van der Waals surface area contributed by atoms with Crippen molar-refractivity contribution in [3.05, 3.63) is 47.7 Å². The smallest absolute Gasteiger partial charge is 0.259 e. The lowest BCUT2D eigenvalue weighted by Crippen LogP contribution is -2.24. The van der Waals surface area contributed by atoms with Crippen LogP contribution in [0.1, 0.15) is 28.8 Å². The number of aromatic nitrogens is 1. The molecule has 0 unspecified atom stereocenters. The summed E-state index contributed by atoms with van der Waals surface area (Å²) in [5.41, 5.74) is 1.74. The van der Waals surface area contributed by atoms with E-state index in [1.807, 2.05) is 6.92 Å². The Labute approximate surface area is 160 Å². The predicted molar refractivity (Wildman–Crippen MR) is 106 cm³/mol. The zero-order chi connectivity index (χ0) is 19.6. The Balaban J connectivity index is 1.91. The van der Waals surface area contributed by atoms with E-state index in [4.69, 9.17) is 0 Å². The van der Waals surface area contributed by atoms with E-state index >= 15 is 0 Å². The molecule has 1 aliphatic heterocycles. The summed E-state index contributed by atoms with van der Waals surface area (Å²) in [5, 5.41) is 2.85. The van der Waals surface area contributed by atoms with Crippen molar-refractivity contribution in [2.24, 2.45) is 0 Å². The van der Waals surface area contributed by atoms with E-state index in [0.29, 0.717) is 17.1 Å². The standard InChI is InChI=1S/C19H24N4O3S/c1-14-8-9-15(27(25,26)22(2)3)13-17(14)21-19(24)16-7-6-10-20-18(16)23-11-4-5-12-23/h6-10,13H,4-5,11-12H2,1-3H3,(H,21,24). The normalized spacial score (nSPS) is 14.6. The summed E-state index contributed by atoms with van der Waals surface area (Å²) in [5.74, 6) is 0.370. The minimum atomic E-state index is -3.58. The minimum absolute atomic E-state index is 0.138. The maximum absolute atomic E-state index is 12.9. The van der Waals surface area contributed by atoms with Crippen molar-refractivity contribution in [2.75, 3.05) is 37.4 Å². The van der Waals surface area contributed by atoms with E-state index in [1.165, 1.54) is 20.2 Å². The Kier molecular flexibility index (Phi) is 5.48. The van der Waals surface area contributed by atoms with Crippen molar-refractivity contribution in [2.45, 2.75) is 24.7 Å². The molecule has 7 nitrogen and oxygen atoms in total. The number of hydrogen-bond donors (Lipinski definition) is 1. The Morgan fingerprint density at radius 1 is 1.19 bits per heavy atom. The summed E-state index contributed by atoms with van der Waals surface area (Å²) in [7, 11) is -0.621. The third kappa shape index (κ3) is 3.96. The molecule has 0 bridgehead atoms. The molecular formula is C19H24N4O3S. The third-order valence-electron chi connectivity index (χ3n) is 4.67. The van der Waals surface area contributed by atoms with E-state index in [-0.39, 0.29) is 10.8 Å². The fraction of sp³-hybridized carbons (Fsp3) is 0.368. The molecule has 1 aromatic carbocycles. The highest BCUT2D eigenvalue weighted by Crippen LogP contribution is 2.25. The predicted octanol–water partition coefficient (Wildman–Crippen LogP) is 2.49. The molecule has 0 atom stereocenters. The number of nitrogens with one attached hydrogen (secondary N) is 1. The Hall–Kier alpha value is -2.45. The van der Waals surface area contributed by atoms with Gasteiger partial charge in [0, 0.05) is 39.1 Å². The lowest BCUT2D eigenvalue weighted by atomic mass is 10.1. The molecule has 0 spiro atoms. The maximum Gasteiger partial charge on any atom is 0.259 e. The van der Waals surface area contributed by atoms with Crippen LogP contribution in [0.4, 0.5) is 11.5 Å². The monoisotopic (exact) mass is 388 g/mol. The van der Waals surface area contributed by atoms with E-state index in [1.54, 1.807) is 30.5 Å². The first-order valence-corrected chi connectivity index (χ1v) is 10.3. The fourth-order valence-electron chi connectivity index (χ4n) is 3.05. The van der Waals surface area contributed by atoms with Gasteiger partial charge < -0.3 is 10.2 Å². The van der Waals surface area contributed by atoms with Crippen LogP contribution in [0, 0.1) is 6.92 Å². The summed E-state index contributed by atoms with van der Waals surface area (Å²) in [6.45, 7) is 3.59. The molecule has 1 N–H and O–H groups in total. The van der Waals surface area contributed by atoms with Crippen LogP contribution in [0.5, 0.6) is 0 Å². The maximum atomic E-state index is 12.9. The molecule has 8 heteroatoms. The first-order chi connectivity index (χ1) is 12.8. The van der Waals surface area contributed by atoms with Crippen LogP contribution in [0.15, 0.2) is 41.4 Å². The molecule has 27 heavy (non-hydrogen) atoms. The number of rotatable bonds is 5. The number of carbonyl (C=O) groups excluding carboxylic acids is 1. The molecule has 3 rings (SSSR count). The second-order valence-corrected chi connectivity index (χ2v) is 8.94. The third-order valence-corrected chi connectivity index (χ3v) is 6.48. The topological polar surface area (TPSA) is 82.6 Å².